The van der Waals surface area contributed by atoms with Crippen LogP contribution in [0, 0.1) is 0 Å². The highest BCUT2D eigenvalue weighted by molar-refractivity contribution is 7.47. The second-order valence-corrected chi connectivity index (χ2v) is 16.0. The van der Waals surface area contributed by atoms with Gasteiger partial charge in [0.05, 0.1) is 13.2 Å². The normalized spacial score (nSPS) is 13.7. The third-order valence-electron chi connectivity index (χ3n) is 9.20. The summed E-state index contributed by atoms with van der Waals surface area (Å²) in [6.45, 7) is 3.60. The van der Waals surface area contributed by atoms with Crippen LogP contribution in [0.3, 0.4) is 0 Å². The van der Waals surface area contributed by atoms with Gasteiger partial charge in [-0.2, -0.15) is 0 Å². The predicted molar refractivity (Wildman–Crippen MR) is 229 cm³/mol. The molecule has 0 saturated carbocycles. The van der Waals surface area contributed by atoms with Crippen molar-refractivity contribution in [1.82, 2.24) is 0 Å². The lowest BCUT2D eigenvalue weighted by atomic mass is 10.1. The fraction of sp³-hybridized carbons (Fsp3) is 0.778. The van der Waals surface area contributed by atoms with Gasteiger partial charge in [0, 0.05) is 19.4 Å². The molecule has 0 aliphatic carbocycles. The average molecular weight is 796 g/mol. The minimum atomic E-state index is -4.38. The predicted octanol–water partition coefficient (Wildman–Crippen LogP) is 12.7. The van der Waals surface area contributed by atoms with Crippen LogP contribution in [0.4, 0.5) is 0 Å². The maximum absolute atomic E-state index is 12.6. The first-order valence-corrected chi connectivity index (χ1v) is 23.6. The topological polar surface area (TPSA) is 134 Å². The van der Waals surface area contributed by atoms with E-state index in [2.05, 4.69) is 62.5 Å². The van der Waals surface area contributed by atoms with Gasteiger partial charge >= 0.3 is 19.8 Å². The molecule has 0 fully saturated rings. The van der Waals surface area contributed by atoms with Crippen LogP contribution < -0.4 is 5.73 Å². The molecule has 1 unspecified atom stereocenters. The van der Waals surface area contributed by atoms with Gasteiger partial charge in [0.15, 0.2) is 6.10 Å². The Morgan fingerprint density at radius 1 is 0.564 bits per heavy atom. The maximum atomic E-state index is 12.6. The summed E-state index contributed by atoms with van der Waals surface area (Å²) in [5.74, 6) is -0.853. The molecule has 55 heavy (non-hydrogen) atoms. The largest absolute Gasteiger partial charge is 0.472 e. The van der Waals surface area contributed by atoms with E-state index in [-0.39, 0.29) is 32.6 Å². The number of esters is 2. The van der Waals surface area contributed by atoms with Crippen LogP contribution >= 0.6 is 7.82 Å². The number of carbonyl (C=O) groups is 2. The molecule has 10 heteroatoms. The summed E-state index contributed by atoms with van der Waals surface area (Å²) in [5.41, 5.74) is 5.35. The van der Waals surface area contributed by atoms with Crippen LogP contribution in [-0.4, -0.2) is 49.3 Å². The van der Waals surface area contributed by atoms with Gasteiger partial charge in [-0.05, 0) is 70.6 Å². The molecule has 0 saturated heterocycles. The van der Waals surface area contributed by atoms with Crippen molar-refractivity contribution in [2.45, 2.75) is 200 Å². The SMILES string of the molecule is CC/C=C\C/C=C\C/C=C\CCCCCCCC(=O)O[C@H](COC(=O)CCCCCCCCC/C=C\CCCCCCCCCC)COP(=O)(O)OCCN. The monoisotopic (exact) mass is 796 g/mol. The fourth-order valence-corrected chi connectivity index (χ4v) is 6.70. The van der Waals surface area contributed by atoms with Crippen molar-refractivity contribution in [3.63, 3.8) is 0 Å². The van der Waals surface area contributed by atoms with Gasteiger partial charge in [0.25, 0.3) is 0 Å². The first-order valence-electron chi connectivity index (χ1n) is 22.1. The van der Waals surface area contributed by atoms with Crippen LogP contribution in [0.5, 0.6) is 0 Å². The highest BCUT2D eigenvalue weighted by atomic mass is 31.2. The van der Waals surface area contributed by atoms with E-state index in [1.54, 1.807) is 0 Å². The summed E-state index contributed by atoms with van der Waals surface area (Å²) in [5, 5.41) is 0. The standard InChI is InChI=1S/C45H82NO8P/c1-3-5-7-9-11-13-15-17-19-20-21-22-24-25-27-29-31-33-35-37-44(47)51-41-43(42-53-55(49,50)52-40-39-46)54-45(48)38-36-34-32-30-28-26-23-18-16-14-12-10-8-6-4-2/h6,8,12,14,18,20-21,23,43H,3-5,7,9-11,13,15-17,19,22,24-42,46H2,1-2H3,(H,49,50)/b8-6-,14-12-,21-20-,23-18-/t43-/m1/s1. The molecule has 0 aliphatic rings. The molecular weight excluding hydrogens is 713 g/mol. The Morgan fingerprint density at radius 3 is 1.51 bits per heavy atom. The van der Waals surface area contributed by atoms with E-state index >= 15 is 0 Å². The number of phosphoric ester groups is 1. The molecule has 9 nitrogen and oxygen atoms in total. The first kappa shape index (κ1) is 53.0. The number of phosphoric acid groups is 1. The summed E-state index contributed by atoms with van der Waals surface area (Å²) in [6, 6.07) is 0. The van der Waals surface area contributed by atoms with Gasteiger partial charge in [-0.1, -0.05) is 159 Å². The second kappa shape index (κ2) is 41.6. The molecule has 0 aliphatic heterocycles. The molecule has 2 atom stereocenters. The summed E-state index contributed by atoms with van der Waals surface area (Å²) in [4.78, 5) is 34.9. The first-order chi connectivity index (χ1) is 26.8. The minimum Gasteiger partial charge on any atom is -0.462 e. The van der Waals surface area contributed by atoms with E-state index < -0.39 is 32.5 Å². The van der Waals surface area contributed by atoms with E-state index in [0.29, 0.717) is 6.42 Å². The fourth-order valence-electron chi connectivity index (χ4n) is 5.94. The zero-order valence-corrected chi connectivity index (χ0v) is 36.0. The van der Waals surface area contributed by atoms with E-state index in [0.717, 1.165) is 83.5 Å². The molecular formula is C45H82NO8P. The number of rotatable bonds is 41. The van der Waals surface area contributed by atoms with Gasteiger partial charge in [0.2, 0.25) is 0 Å². The third-order valence-corrected chi connectivity index (χ3v) is 10.2. The Bertz CT molecular complexity index is 1040. The summed E-state index contributed by atoms with van der Waals surface area (Å²) < 4.78 is 32.8. The zero-order chi connectivity index (χ0) is 40.3. The molecule has 0 aromatic rings. The van der Waals surface area contributed by atoms with Crippen molar-refractivity contribution >= 4 is 19.8 Å². The molecule has 0 amide bonds. The van der Waals surface area contributed by atoms with E-state index in [1.165, 1.54) is 77.0 Å². The molecule has 0 aromatic heterocycles. The molecule has 0 heterocycles. The number of hydrogen-bond acceptors (Lipinski definition) is 8. The summed E-state index contributed by atoms with van der Waals surface area (Å²) >= 11 is 0. The highest BCUT2D eigenvalue weighted by Gasteiger charge is 2.26. The number of hydrogen-bond donors (Lipinski definition) is 2. The third kappa shape index (κ3) is 41.4. The van der Waals surface area contributed by atoms with Gasteiger partial charge in [0.1, 0.15) is 6.61 Å². The lowest BCUT2D eigenvalue weighted by Gasteiger charge is -2.19. The molecule has 0 spiro atoms. The number of ether oxygens (including phenoxy) is 2. The minimum absolute atomic E-state index is 0.0483. The molecule has 3 N–H and O–H groups in total. The molecule has 0 rings (SSSR count). The van der Waals surface area contributed by atoms with Crippen LogP contribution in [-0.2, 0) is 32.7 Å². The van der Waals surface area contributed by atoms with Crippen LogP contribution in [0.15, 0.2) is 48.6 Å². The molecule has 0 bridgehead atoms. The molecule has 0 radical (unpaired) electrons. The number of nitrogens with two attached hydrogens (primary N) is 1. The van der Waals surface area contributed by atoms with Crippen molar-refractivity contribution in [3.8, 4) is 0 Å². The maximum Gasteiger partial charge on any atom is 0.472 e. The van der Waals surface area contributed by atoms with Gasteiger partial charge in [-0.3, -0.25) is 18.6 Å². The van der Waals surface area contributed by atoms with Crippen molar-refractivity contribution in [1.29, 1.82) is 0 Å². The average Bonchev–Trinajstić information content (AvgIpc) is 3.17. The van der Waals surface area contributed by atoms with Crippen molar-refractivity contribution in [3.05, 3.63) is 48.6 Å². The molecule has 320 valence electrons. The quantitative estimate of drug-likeness (QED) is 0.0268. The highest BCUT2D eigenvalue weighted by Crippen LogP contribution is 2.43. The Hall–Kier alpha value is -2.03. The Labute approximate surface area is 336 Å². The second-order valence-electron chi connectivity index (χ2n) is 14.5. The van der Waals surface area contributed by atoms with Crippen LogP contribution in [0.25, 0.3) is 0 Å². The Morgan fingerprint density at radius 2 is 1.00 bits per heavy atom. The zero-order valence-electron chi connectivity index (χ0n) is 35.2. The Balaban J connectivity index is 4.15. The van der Waals surface area contributed by atoms with Gasteiger partial charge < -0.3 is 20.1 Å². The van der Waals surface area contributed by atoms with E-state index in [4.69, 9.17) is 24.3 Å². The summed E-state index contributed by atoms with van der Waals surface area (Å²) in [7, 11) is -4.38. The van der Waals surface area contributed by atoms with Gasteiger partial charge in [-0.25, -0.2) is 4.57 Å². The smallest absolute Gasteiger partial charge is 0.462 e. The lowest BCUT2D eigenvalue weighted by molar-refractivity contribution is -0.161. The van der Waals surface area contributed by atoms with Crippen LogP contribution in [0.1, 0.15) is 194 Å². The van der Waals surface area contributed by atoms with E-state index in [9.17, 15) is 19.0 Å². The molecule has 0 aromatic carbocycles. The van der Waals surface area contributed by atoms with Crippen molar-refractivity contribution in [2.24, 2.45) is 5.73 Å². The number of allylic oxidation sites excluding steroid dienone is 8. The van der Waals surface area contributed by atoms with Crippen molar-refractivity contribution in [2.75, 3.05) is 26.4 Å². The van der Waals surface area contributed by atoms with Crippen LogP contribution in [0.2, 0.25) is 0 Å². The number of unbranched alkanes of at least 4 members (excludes halogenated alkanes) is 20. The van der Waals surface area contributed by atoms with Crippen molar-refractivity contribution < 1.29 is 37.6 Å². The van der Waals surface area contributed by atoms with E-state index in [1.807, 2.05) is 0 Å². The number of carbonyl (C=O) groups excluding carboxylic acids is 2. The summed E-state index contributed by atoms with van der Waals surface area (Å²) in [6.07, 6.45) is 47.1. The lowest BCUT2D eigenvalue weighted by Crippen LogP contribution is -2.29. The van der Waals surface area contributed by atoms with Gasteiger partial charge in [-0.15, -0.1) is 0 Å². The Kier molecular flexibility index (Phi) is 40.1.